The Bertz CT molecular complexity index is 452. The molecule has 2 amide bonds. The molecule has 0 saturated carbocycles. The molecule has 1 aromatic heterocycles. The number of carbonyl (C=O) groups excluding carboxylic acids is 1. The SMILES string of the molecule is NC(=O)NNc1ccccc1Cl.c1ccncc1. The number of hydrazine groups is 1. The highest BCUT2D eigenvalue weighted by Crippen LogP contribution is 2.18. The monoisotopic (exact) mass is 264 g/mol. The first-order valence-corrected chi connectivity index (χ1v) is 5.49. The molecule has 0 radical (unpaired) electrons. The zero-order chi connectivity index (χ0) is 13.2. The molecule has 5 nitrogen and oxygen atoms in total. The van der Waals surface area contributed by atoms with Crippen LogP contribution in [0.1, 0.15) is 0 Å². The van der Waals surface area contributed by atoms with Gasteiger partial charge in [0, 0.05) is 12.4 Å². The van der Waals surface area contributed by atoms with E-state index in [0.717, 1.165) is 0 Å². The van der Waals surface area contributed by atoms with Crippen LogP contribution in [-0.2, 0) is 0 Å². The Hall–Kier alpha value is -2.27. The van der Waals surface area contributed by atoms with Gasteiger partial charge in [-0.15, -0.1) is 0 Å². The molecule has 18 heavy (non-hydrogen) atoms. The summed E-state index contributed by atoms with van der Waals surface area (Å²) in [6.45, 7) is 0. The minimum atomic E-state index is -0.657. The molecular formula is C12H13ClN4O. The average Bonchev–Trinajstić information content (AvgIpc) is 2.40. The summed E-state index contributed by atoms with van der Waals surface area (Å²) in [5.74, 6) is 0. The van der Waals surface area contributed by atoms with Crippen LogP contribution in [-0.4, -0.2) is 11.0 Å². The molecule has 4 N–H and O–H groups in total. The number of nitrogens with one attached hydrogen (secondary N) is 2. The Morgan fingerprint density at radius 2 is 1.78 bits per heavy atom. The summed E-state index contributed by atoms with van der Waals surface area (Å²) < 4.78 is 0. The number of primary amides is 1. The second kappa shape index (κ2) is 7.92. The summed E-state index contributed by atoms with van der Waals surface area (Å²) in [5, 5.41) is 0.520. The molecule has 0 unspecified atom stereocenters. The molecule has 94 valence electrons. The van der Waals surface area contributed by atoms with E-state index in [4.69, 9.17) is 17.3 Å². The van der Waals surface area contributed by atoms with Crippen molar-refractivity contribution in [2.24, 2.45) is 5.73 Å². The number of rotatable bonds is 2. The Kier molecular flexibility index (Phi) is 6.07. The van der Waals surface area contributed by atoms with E-state index in [0.29, 0.717) is 10.7 Å². The van der Waals surface area contributed by atoms with Crippen LogP contribution in [0.5, 0.6) is 0 Å². The highest BCUT2D eigenvalue weighted by molar-refractivity contribution is 6.33. The number of halogens is 1. The predicted octanol–water partition coefficient (Wildman–Crippen LogP) is 2.42. The number of benzene rings is 1. The van der Waals surface area contributed by atoms with Gasteiger partial charge in [-0.2, -0.15) is 0 Å². The summed E-state index contributed by atoms with van der Waals surface area (Å²) in [6.07, 6.45) is 3.50. The number of pyridine rings is 1. The molecule has 2 rings (SSSR count). The van der Waals surface area contributed by atoms with E-state index < -0.39 is 6.03 Å². The lowest BCUT2D eigenvalue weighted by Crippen LogP contribution is -2.34. The second-order valence-electron chi connectivity index (χ2n) is 3.12. The molecule has 6 heteroatoms. The van der Waals surface area contributed by atoms with Crippen molar-refractivity contribution in [1.82, 2.24) is 10.4 Å². The lowest BCUT2D eigenvalue weighted by molar-refractivity contribution is 0.250. The smallest absolute Gasteiger partial charge is 0.330 e. The maximum Gasteiger partial charge on any atom is 0.330 e. The summed E-state index contributed by atoms with van der Waals surface area (Å²) >= 11 is 5.75. The standard InChI is InChI=1S/C7H8ClN3O.C5H5N/c8-5-3-1-2-4-6(5)10-11-7(9)12;1-2-4-6-5-3-1/h1-4,10H,(H3,9,11,12);1-5H. The summed E-state index contributed by atoms with van der Waals surface area (Å²) in [6, 6.07) is 12.1. The molecule has 0 fully saturated rings. The third-order valence-corrected chi connectivity index (χ3v) is 2.09. The van der Waals surface area contributed by atoms with Crippen molar-refractivity contribution < 1.29 is 4.79 Å². The topological polar surface area (TPSA) is 80.0 Å². The maximum atomic E-state index is 10.3. The van der Waals surface area contributed by atoms with E-state index in [1.807, 2.05) is 18.2 Å². The van der Waals surface area contributed by atoms with Gasteiger partial charge in [-0.1, -0.05) is 29.8 Å². The number of hydrogen-bond acceptors (Lipinski definition) is 3. The fourth-order valence-electron chi connectivity index (χ4n) is 1.00. The average molecular weight is 265 g/mol. The Morgan fingerprint density at radius 3 is 2.22 bits per heavy atom. The molecule has 0 saturated heterocycles. The summed E-state index contributed by atoms with van der Waals surface area (Å²) in [7, 11) is 0. The van der Waals surface area contributed by atoms with Gasteiger partial charge in [-0.25, -0.2) is 4.79 Å². The normalized spacial score (nSPS) is 8.72. The number of para-hydroxylation sites is 1. The van der Waals surface area contributed by atoms with Gasteiger partial charge in [-0.05, 0) is 24.3 Å². The lowest BCUT2D eigenvalue weighted by atomic mass is 10.3. The maximum absolute atomic E-state index is 10.3. The molecule has 0 aliphatic heterocycles. The largest absolute Gasteiger partial charge is 0.350 e. The van der Waals surface area contributed by atoms with Crippen LogP contribution in [0.2, 0.25) is 5.02 Å². The minimum Gasteiger partial charge on any atom is -0.350 e. The van der Waals surface area contributed by atoms with Gasteiger partial charge < -0.3 is 5.73 Å². The number of hydrogen-bond donors (Lipinski definition) is 3. The van der Waals surface area contributed by atoms with Gasteiger partial charge in [0.1, 0.15) is 0 Å². The van der Waals surface area contributed by atoms with E-state index in [1.54, 1.807) is 36.7 Å². The van der Waals surface area contributed by atoms with E-state index in [-0.39, 0.29) is 0 Å². The van der Waals surface area contributed by atoms with Crippen molar-refractivity contribution in [3.8, 4) is 0 Å². The fourth-order valence-corrected chi connectivity index (χ4v) is 1.19. The van der Waals surface area contributed by atoms with E-state index in [9.17, 15) is 4.79 Å². The van der Waals surface area contributed by atoms with Gasteiger partial charge >= 0.3 is 6.03 Å². The fraction of sp³-hybridized carbons (Fsp3) is 0. The molecule has 0 aliphatic rings. The second-order valence-corrected chi connectivity index (χ2v) is 3.53. The van der Waals surface area contributed by atoms with E-state index in [2.05, 4.69) is 15.8 Å². The quantitative estimate of drug-likeness (QED) is 0.729. The molecule has 1 aromatic carbocycles. The van der Waals surface area contributed by atoms with E-state index in [1.165, 1.54) is 0 Å². The Morgan fingerprint density at radius 1 is 1.11 bits per heavy atom. The third-order valence-electron chi connectivity index (χ3n) is 1.76. The van der Waals surface area contributed by atoms with Crippen molar-refractivity contribution in [3.05, 3.63) is 59.9 Å². The first-order valence-electron chi connectivity index (χ1n) is 5.11. The van der Waals surface area contributed by atoms with E-state index >= 15 is 0 Å². The van der Waals surface area contributed by atoms with Gasteiger partial charge in [-0.3, -0.25) is 15.8 Å². The molecule has 0 bridgehead atoms. The highest BCUT2D eigenvalue weighted by Gasteiger charge is 1.96. The van der Waals surface area contributed by atoms with Crippen LogP contribution in [0, 0.1) is 0 Å². The zero-order valence-electron chi connectivity index (χ0n) is 9.51. The number of aromatic nitrogens is 1. The van der Waals surface area contributed by atoms with Gasteiger partial charge in [0.05, 0.1) is 10.7 Å². The summed E-state index contributed by atoms with van der Waals surface area (Å²) in [5.41, 5.74) is 10.2. The predicted molar refractivity (Wildman–Crippen MR) is 72.0 cm³/mol. The van der Waals surface area contributed by atoms with Gasteiger partial charge in [0.2, 0.25) is 0 Å². The van der Waals surface area contributed by atoms with Crippen LogP contribution >= 0.6 is 11.6 Å². The molecule has 2 aromatic rings. The first-order chi connectivity index (χ1) is 8.70. The third kappa shape index (κ3) is 5.72. The van der Waals surface area contributed by atoms with Gasteiger partial charge in [0.15, 0.2) is 0 Å². The van der Waals surface area contributed by atoms with Crippen molar-refractivity contribution in [2.45, 2.75) is 0 Å². The van der Waals surface area contributed by atoms with Crippen LogP contribution < -0.4 is 16.6 Å². The van der Waals surface area contributed by atoms with Crippen LogP contribution in [0.25, 0.3) is 0 Å². The number of nitrogens with zero attached hydrogens (tertiary/aromatic N) is 1. The van der Waals surface area contributed by atoms with Crippen LogP contribution in [0.3, 0.4) is 0 Å². The number of nitrogens with two attached hydrogens (primary N) is 1. The molecule has 0 atom stereocenters. The van der Waals surface area contributed by atoms with Crippen molar-refractivity contribution in [2.75, 3.05) is 5.43 Å². The molecule has 0 spiro atoms. The number of anilines is 1. The van der Waals surface area contributed by atoms with Crippen LogP contribution in [0.4, 0.5) is 10.5 Å². The van der Waals surface area contributed by atoms with Crippen LogP contribution in [0.15, 0.2) is 54.9 Å². The Balaban J connectivity index is 0.000000225. The Labute approximate surface area is 110 Å². The van der Waals surface area contributed by atoms with Crippen molar-refractivity contribution in [1.29, 1.82) is 0 Å². The highest BCUT2D eigenvalue weighted by atomic mass is 35.5. The summed E-state index contributed by atoms with van der Waals surface area (Å²) in [4.78, 5) is 14.1. The minimum absolute atomic E-state index is 0.520. The lowest BCUT2D eigenvalue weighted by Gasteiger charge is -2.06. The molecule has 1 heterocycles. The van der Waals surface area contributed by atoms with Gasteiger partial charge in [0.25, 0.3) is 0 Å². The first kappa shape index (κ1) is 13.8. The number of carbonyl (C=O) groups is 1. The number of urea groups is 1. The molecular weight excluding hydrogens is 252 g/mol. The number of amides is 2. The van der Waals surface area contributed by atoms with Crippen molar-refractivity contribution in [3.63, 3.8) is 0 Å². The molecule has 0 aliphatic carbocycles. The zero-order valence-corrected chi connectivity index (χ0v) is 10.3. The van der Waals surface area contributed by atoms with Crippen molar-refractivity contribution >= 4 is 23.3 Å².